The molecule has 0 bridgehead atoms. The minimum Gasteiger partial charge on any atom is -0.366 e. The lowest BCUT2D eigenvalue weighted by Crippen LogP contribution is -2.34. The number of carbonyl (C=O) groups is 2. The fourth-order valence-corrected chi connectivity index (χ4v) is 2.33. The highest BCUT2D eigenvalue weighted by Crippen LogP contribution is 2.11. The number of rotatable bonds is 5. The number of likely N-dealkylation sites (tertiary alicyclic amines) is 1. The van der Waals surface area contributed by atoms with Gasteiger partial charge in [-0.15, -0.1) is 0 Å². The molecule has 0 aliphatic carbocycles. The molecule has 2 rings (SSSR count). The quantitative estimate of drug-likeness (QED) is 0.707. The summed E-state index contributed by atoms with van der Waals surface area (Å²) < 4.78 is 0. The first-order valence-corrected chi connectivity index (χ1v) is 6.68. The van der Waals surface area contributed by atoms with Gasteiger partial charge in [0.1, 0.15) is 0 Å². The summed E-state index contributed by atoms with van der Waals surface area (Å²) in [5.74, 6) is -0.522. The van der Waals surface area contributed by atoms with Crippen molar-refractivity contribution >= 4 is 17.5 Å². The Balaban J connectivity index is 1.84. The Bertz CT molecular complexity index is 486. The number of anilines is 1. The van der Waals surface area contributed by atoms with Gasteiger partial charge in [0.25, 0.3) is 0 Å². The van der Waals surface area contributed by atoms with E-state index in [1.54, 1.807) is 24.3 Å². The smallest absolute Gasteiger partial charge is 0.248 e. The van der Waals surface area contributed by atoms with Crippen molar-refractivity contribution in [3.8, 4) is 0 Å². The van der Waals surface area contributed by atoms with Crippen LogP contribution in [0.2, 0.25) is 0 Å². The first-order valence-electron chi connectivity index (χ1n) is 6.68. The van der Waals surface area contributed by atoms with Gasteiger partial charge in [-0.3, -0.25) is 14.5 Å². The van der Waals surface area contributed by atoms with Gasteiger partial charge < -0.3 is 16.4 Å². The number of hydrogen-bond acceptors (Lipinski definition) is 4. The van der Waals surface area contributed by atoms with Crippen LogP contribution in [0.3, 0.4) is 0 Å². The number of likely N-dealkylation sites (N-methyl/N-ethyl adjacent to an activating group) is 1. The molecule has 0 spiro atoms. The molecule has 108 valence electrons. The van der Waals surface area contributed by atoms with Crippen molar-refractivity contribution in [3.05, 3.63) is 29.8 Å². The molecule has 6 heteroatoms. The third-order valence-corrected chi connectivity index (χ3v) is 3.50. The Labute approximate surface area is 118 Å². The molecular weight excluding hydrogens is 256 g/mol. The van der Waals surface area contributed by atoms with E-state index in [1.165, 1.54) is 0 Å². The number of nitrogens with two attached hydrogens (primary N) is 1. The van der Waals surface area contributed by atoms with Crippen molar-refractivity contribution in [1.82, 2.24) is 10.2 Å². The Morgan fingerprint density at radius 3 is 2.60 bits per heavy atom. The van der Waals surface area contributed by atoms with Crippen molar-refractivity contribution in [3.63, 3.8) is 0 Å². The molecule has 1 aromatic rings. The summed E-state index contributed by atoms with van der Waals surface area (Å²) in [7, 11) is 1.94. The molecule has 4 N–H and O–H groups in total. The number of nitrogens with one attached hydrogen (secondary N) is 2. The fourth-order valence-electron chi connectivity index (χ4n) is 2.33. The number of hydrogen-bond donors (Lipinski definition) is 3. The number of amides is 2. The summed E-state index contributed by atoms with van der Waals surface area (Å²) in [5, 5.41) is 6.03. The maximum absolute atomic E-state index is 11.9. The predicted molar refractivity (Wildman–Crippen MR) is 77.5 cm³/mol. The van der Waals surface area contributed by atoms with Crippen molar-refractivity contribution in [2.24, 2.45) is 5.73 Å². The highest BCUT2D eigenvalue weighted by atomic mass is 16.2. The van der Waals surface area contributed by atoms with E-state index in [0.29, 0.717) is 23.8 Å². The number of carbonyl (C=O) groups excluding carboxylic acids is 2. The largest absolute Gasteiger partial charge is 0.366 e. The van der Waals surface area contributed by atoms with Crippen LogP contribution < -0.4 is 16.4 Å². The van der Waals surface area contributed by atoms with Gasteiger partial charge in [0.2, 0.25) is 11.8 Å². The number of nitrogens with zero attached hydrogens (tertiary/aromatic N) is 1. The lowest BCUT2D eigenvalue weighted by atomic mass is 10.2. The molecule has 1 atom stereocenters. The SMILES string of the molecule is CNC1CCN(CC(=O)Nc2ccc(C(N)=O)cc2)C1. The summed E-state index contributed by atoms with van der Waals surface area (Å²) in [6, 6.07) is 7.03. The Kier molecular flexibility index (Phi) is 4.70. The fraction of sp³-hybridized carbons (Fsp3) is 0.429. The van der Waals surface area contributed by atoms with Crippen LogP contribution in [0.25, 0.3) is 0 Å². The molecule has 1 heterocycles. The summed E-state index contributed by atoms with van der Waals surface area (Å²) in [6.45, 7) is 2.21. The van der Waals surface area contributed by atoms with Crippen molar-refractivity contribution in [2.75, 3.05) is 32.0 Å². The van der Waals surface area contributed by atoms with Gasteiger partial charge in [-0.25, -0.2) is 0 Å². The van der Waals surface area contributed by atoms with Crippen LogP contribution >= 0.6 is 0 Å². The molecule has 1 fully saturated rings. The maximum Gasteiger partial charge on any atom is 0.248 e. The maximum atomic E-state index is 11.9. The first-order chi connectivity index (χ1) is 9.58. The van der Waals surface area contributed by atoms with E-state index in [4.69, 9.17) is 5.73 Å². The average Bonchev–Trinajstić information content (AvgIpc) is 2.86. The zero-order chi connectivity index (χ0) is 14.5. The van der Waals surface area contributed by atoms with E-state index in [0.717, 1.165) is 19.5 Å². The lowest BCUT2D eigenvalue weighted by Gasteiger charge is -2.15. The molecule has 0 aromatic heterocycles. The highest BCUT2D eigenvalue weighted by Gasteiger charge is 2.22. The van der Waals surface area contributed by atoms with Crippen LogP contribution in [0.5, 0.6) is 0 Å². The molecule has 2 amide bonds. The minimum absolute atomic E-state index is 0.0476. The van der Waals surface area contributed by atoms with Gasteiger partial charge in [-0.2, -0.15) is 0 Å². The van der Waals surface area contributed by atoms with Crippen LogP contribution in [0.4, 0.5) is 5.69 Å². The molecule has 1 aromatic carbocycles. The van der Waals surface area contributed by atoms with Crippen molar-refractivity contribution < 1.29 is 9.59 Å². The zero-order valence-corrected chi connectivity index (χ0v) is 11.6. The van der Waals surface area contributed by atoms with Gasteiger partial charge in [0.05, 0.1) is 6.54 Å². The second kappa shape index (κ2) is 6.49. The van der Waals surface area contributed by atoms with Crippen molar-refractivity contribution in [1.29, 1.82) is 0 Å². The lowest BCUT2D eigenvalue weighted by molar-refractivity contribution is -0.117. The van der Waals surface area contributed by atoms with Gasteiger partial charge >= 0.3 is 0 Å². The molecule has 1 unspecified atom stereocenters. The average molecular weight is 276 g/mol. The highest BCUT2D eigenvalue weighted by molar-refractivity contribution is 5.95. The first kappa shape index (κ1) is 14.5. The van der Waals surface area contributed by atoms with E-state index >= 15 is 0 Å². The van der Waals surface area contributed by atoms with Crippen LogP contribution in [-0.2, 0) is 4.79 Å². The minimum atomic E-state index is -0.474. The molecule has 6 nitrogen and oxygen atoms in total. The molecule has 1 aliphatic rings. The normalized spacial score (nSPS) is 18.9. The summed E-state index contributed by atoms with van der Waals surface area (Å²) in [6.07, 6.45) is 1.07. The Hall–Kier alpha value is -1.92. The summed E-state index contributed by atoms with van der Waals surface area (Å²) in [5.41, 5.74) is 6.26. The second-order valence-corrected chi connectivity index (χ2v) is 5.00. The monoisotopic (exact) mass is 276 g/mol. The third kappa shape index (κ3) is 3.79. The molecular formula is C14H20N4O2. The molecule has 1 saturated heterocycles. The molecule has 1 aliphatic heterocycles. The van der Waals surface area contributed by atoms with E-state index in [2.05, 4.69) is 15.5 Å². The summed E-state index contributed by atoms with van der Waals surface area (Å²) >= 11 is 0. The molecule has 0 radical (unpaired) electrons. The van der Waals surface area contributed by atoms with Crippen LogP contribution in [0.15, 0.2) is 24.3 Å². The number of benzene rings is 1. The van der Waals surface area contributed by atoms with E-state index in [-0.39, 0.29) is 5.91 Å². The van der Waals surface area contributed by atoms with E-state index in [9.17, 15) is 9.59 Å². The third-order valence-electron chi connectivity index (χ3n) is 3.50. The number of primary amides is 1. The molecule has 20 heavy (non-hydrogen) atoms. The van der Waals surface area contributed by atoms with Gasteiger partial charge in [0.15, 0.2) is 0 Å². The Morgan fingerprint density at radius 2 is 2.05 bits per heavy atom. The summed E-state index contributed by atoms with van der Waals surface area (Å²) in [4.78, 5) is 25.0. The van der Waals surface area contributed by atoms with Crippen LogP contribution in [-0.4, -0.2) is 49.4 Å². The topological polar surface area (TPSA) is 87.5 Å². The van der Waals surface area contributed by atoms with Crippen LogP contribution in [0, 0.1) is 0 Å². The van der Waals surface area contributed by atoms with Crippen LogP contribution in [0.1, 0.15) is 16.8 Å². The van der Waals surface area contributed by atoms with Gasteiger partial charge in [-0.1, -0.05) is 0 Å². The Morgan fingerprint density at radius 1 is 1.35 bits per heavy atom. The zero-order valence-electron chi connectivity index (χ0n) is 11.6. The second-order valence-electron chi connectivity index (χ2n) is 5.00. The van der Waals surface area contributed by atoms with Gasteiger partial charge in [-0.05, 0) is 37.7 Å². The predicted octanol–water partition coefficient (Wildman–Crippen LogP) is 0.0177. The van der Waals surface area contributed by atoms with E-state index < -0.39 is 5.91 Å². The van der Waals surface area contributed by atoms with Crippen molar-refractivity contribution in [2.45, 2.75) is 12.5 Å². The van der Waals surface area contributed by atoms with Gasteiger partial charge in [0, 0.05) is 30.4 Å². The van der Waals surface area contributed by atoms with E-state index in [1.807, 2.05) is 7.05 Å². The standard InChI is InChI=1S/C14H20N4O2/c1-16-12-6-7-18(8-12)9-13(19)17-11-4-2-10(3-5-11)14(15)20/h2-5,12,16H,6-9H2,1H3,(H2,15,20)(H,17,19). The molecule has 0 saturated carbocycles.